The van der Waals surface area contributed by atoms with Gasteiger partial charge in [-0.3, -0.25) is 9.89 Å². The Labute approximate surface area is 197 Å². The number of hydrogen-bond acceptors (Lipinski definition) is 5. The highest BCUT2D eigenvalue weighted by atomic mass is 16.5. The highest BCUT2D eigenvalue weighted by Gasteiger charge is 2.24. The smallest absolute Gasteiger partial charge is 0.254 e. The van der Waals surface area contributed by atoms with Crippen LogP contribution in [-0.2, 0) is 0 Å². The number of aromatic nitrogens is 3. The standard InChI is InChI=1S/C27H26N4O3/c1-34-21-7-5-6-18(16-21)8-13-23-25-22(27(33)31-14-3-2-4-15-31)17-24(28-26(25)30-29-23)19-9-11-20(32)12-10-19/h5-13,16-17,32H,2-4,14-15H2,1H3,(H,28,29,30)/b13-8+. The SMILES string of the molecule is COc1cccc(/C=C/c2[nH]nc3nc(-c4ccc(O)cc4)cc(C(=O)N4CCCCC4)c23)c1. The van der Waals surface area contributed by atoms with Crippen molar-refractivity contribution in [1.29, 1.82) is 0 Å². The maximum Gasteiger partial charge on any atom is 0.254 e. The fourth-order valence-corrected chi connectivity index (χ4v) is 4.31. The van der Waals surface area contributed by atoms with Crippen molar-refractivity contribution in [3.63, 3.8) is 0 Å². The van der Waals surface area contributed by atoms with Crippen molar-refractivity contribution in [3.8, 4) is 22.8 Å². The Morgan fingerprint density at radius 2 is 1.85 bits per heavy atom. The number of amides is 1. The van der Waals surface area contributed by atoms with Gasteiger partial charge in [-0.15, -0.1) is 0 Å². The Morgan fingerprint density at radius 1 is 1.06 bits per heavy atom. The molecular weight excluding hydrogens is 428 g/mol. The first-order valence-electron chi connectivity index (χ1n) is 11.4. The molecule has 0 unspecified atom stereocenters. The van der Waals surface area contributed by atoms with E-state index in [1.54, 1.807) is 31.4 Å². The van der Waals surface area contributed by atoms with E-state index in [4.69, 9.17) is 9.72 Å². The third kappa shape index (κ3) is 4.37. The van der Waals surface area contributed by atoms with Crippen LogP contribution in [0.15, 0.2) is 54.6 Å². The van der Waals surface area contributed by atoms with Crippen LogP contribution in [0.25, 0.3) is 34.4 Å². The van der Waals surface area contributed by atoms with Gasteiger partial charge in [-0.2, -0.15) is 5.10 Å². The molecule has 0 spiro atoms. The van der Waals surface area contributed by atoms with Crippen molar-refractivity contribution < 1.29 is 14.6 Å². The van der Waals surface area contributed by atoms with Crippen LogP contribution < -0.4 is 4.74 Å². The highest BCUT2D eigenvalue weighted by molar-refractivity contribution is 6.09. The molecule has 0 saturated carbocycles. The first kappa shape index (κ1) is 21.7. The van der Waals surface area contributed by atoms with Crippen molar-refractivity contribution in [2.75, 3.05) is 20.2 Å². The number of ether oxygens (including phenoxy) is 1. The van der Waals surface area contributed by atoms with E-state index in [1.807, 2.05) is 47.4 Å². The van der Waals surface area contributed by atoms with Gasteiger partial charge in [-0.05, 0) is 73.4 Å². The van der Waals surface area contributed by atoms with Gasteiger partial charge in [-0.25, -0.2) is 4.98 Å². The normalized spacial score (nSPS) is 14.1. The molecule has 7 nitrogen and oxygen atoms in total. The summed E-state index contributed by atoms with van der Waals surface area (Å²) in [6, 6.07) is 16.4. The largest absolute Gasteiger partial charge is 0.508 e. The number of nitrogens with zero attached hydrogens (tertiary/aromatic N) is 3. The van der Waals surface area contributed by atoms with Crippen molar-refractivity contribution in [2.45, 2.75) is 19.3 Å². The topological polar surface area (TPSA) is 91.3 Å². The minimum Gasteiger partial charge on any atom is -0.508 e. The lowest BCUT2D eigenvalue weighted by molar-refractivity contribution is 0.0726. The van der Waals surface area contributed by atoms with Crippen molar-refractivity contribution in [3.05, 3.63) is 71.4 Å². The molecule has 3 heterocycles. The van der Waals surface area contributed by atoms with Crippen LogP contribution in [0.2, 0.25) is 0 Å². The summed E-state index contributed by atoms with van der Waals surface area (Å²) in [7, 11) is 1.64. The zero-order valence-corrected chi connectivity index (χ0v) is 19.0. The summed E-state index contributed by atoms with van der Waals surface area (Å²) in [6.45, 7) is 1.51. The molecule has 1 aliphatic heterocycles. The van der Waals surface area contributed by atoms with E-state index in [9.17, 15) is 9.90 Å². The Bertz CT molecular complexity index is 1350. The first-order chi connectivity index (χ1) is 16.6. The molecule has 4 aromatic rings. The molecule has 7 heteroatoms. The second-order valence-electron chi connectivity index (χ2n) is 8.40. The number of phenolic OH excluding ortho intramolecular Hbond substituents is 1. The molecule has 0 atom stereocenters. The third-order valence-electron chi connectivity index (χ3n) is 6.12. The number of aromatic amines is 1. The number of nitrogens with one attached hydrogen (secondary N) is 1. The van der Waals surface area contributed by atoms with E-state index in [2.05, 4.69) is 10.2 Å². The van der Waals surface area contributed by atoms with Gasteiger partial charge in [0.25, 0.3) is 5.91 Å². The molecule has 1 fully saturated rings. The van der Waals surface area contributed by atoms with E-state index >= 15 is 0 Å². The van der Waals surface area contributed by atoms with Crippen molar-refractivity contribution in [2.24, 2.45) is 0 Å². The number of benzene rings is 2. The van der Waals surface area contributed by atoms with E-state index in [-0.39, 0.29) is 11.7 Å². The van der Waals surface area contributed by atoms with Crippen LogP contribution in [0.1, 0.15) is 40.9 Å². The predicted octanol–water partition coefficient (Wildman–Crippen LogP) is 5.14. The van der Waals surface area contributed by atoms with Crippen LogP contribution in [0.4, 0.5) is 0 Å². The Kier molecular flexibility index (Phi) is 5.99. The number of carbonyl (C=O) groups is 1. The van der Waals surface area contributed by atoms with Crippen LogP contribution in [0.5, 0.6) is 11.5 Å². The molecule has 1 saturated heterocycles. The summed E-state index contributed by atoms with van der Waals surface area (Å²) in [6.07, 6.45) is 7.05. The fourth-order valence-electron chi connectivity index (χ4n) is 4.31. The third-order valence-corrected chi connectivity index (χ3v) is 6.12. The van der Waals surface area contributed by atoms with Gasteiger partial charge in [-0.1, -0.05) is 18.2 Å². The van der Waals surface area contributed by atoms with Crippen LogP contribution in [0, 0.1) is 0 Å². The number of aromatic hydroxyl groups is 1. The molecule has 0 radical (unpaired) electrons. The summed E-state index contributed by atoms with van der Waals surface area (Å²) in [5.74, 6) is 0.946. The molecule has 0 aliphatic carbocycles. The Morgan fingerprint density at radius 3 is 2.62 bits per heavy atom. The second-order valence-corrected chi connectivity index (χ2v) is 8.40. The Balaban J connectivity index is 1.60. The minimum atomic E-state index is -0.00967. The van der Waals surface area contributed by atoms with E-state index in [1.165, 1.54) is 0 Å². The number of carbonyl (C=O) groups excluding carboxylic acids is 1. The van der Waals surface area contributed by atoms with Crippen molar-refractivity contribution >= 4 is 29.1 Å². The second kappa shape index (κ2) is 9.39. The lowest BCUT2D eigenvalue weighted by Gasteiger charge is -2.27. The summed E-state index contributed by atoms with van der Waals surface area (Å²) in [5.41, 5.74) is 4.21. The number of H-pyrrole nitrogens is 1. The van der Waals surface area contributed by atoms with Gasteiger partial charge in [0.2, 0.25) is 0 Å². The molecule has 1 amide bonds. The highest BCUT2D eigenvalue weighted by Crippen LogP contribution is 2.29. The maximum atomic E-state index is 13.6. The van der Waals surface area contributed by atoms with Gasteiger partial charge in [0.15, 0.2) is 5.65 Å². The molecule has 172 valence electrons. The summed E-state index contributed by atoms with van der Waals surface area (Å²) < 4.78 is 5.31. The zero-order valence-electron chi connectivity index (χ0n) is 19.0. The molecular formula is C27H26N4O3. The van der Waals surface area contributed by atoms with Gasteiger partial charge in [0.1, 0.15) is 11.5 Å². The fraction of sp³-hybridized carbons (Fsp3) is 0.222. The molecule has 0 bridgehead atoms. The quantitative estimate of drug-likeness (QED) is 0.436. The number of hydrogen-bond donors (Lipinski definition) is 2. The van der Waals surface area contributed by atoms with E-state index in [0.29, 0.717) is 22.3 Å². The molecule has 1 aliphatic rings. The molecule has 34 heavy (non-hydrogen) atoms. The molecule has 2 aromatic heterocycles. The number of fused-ring (bicyclic) bond motifs is 1. The van der Waals surface area contributed by atoms with Gasteiger partial charge < -0.3 is 14.7 Å². The lowest BCUT2D eigenvalue weighted by Crippen LogP contribution is -2.35. The molecule has 2 aromatic carbocycles. The van der Waals surface area contributed by atoms with Crippen LogP contribution >= 0.6 is 0 Å². The summed E-state index contributed by atoms with van der Waals surface area (Å²) >= 11 is 0. The first-order valence-corrected chi connectivity index (χ1v) is 11.4. The average molecular weight is 455 g/mol. The van der Waals surface area contributed by atoms with Crippen LogP contribution in [0.3, 0.4) is 0 Å². The Hall–Kier alpha value is -4.13. The number of phenols is 1. The monoisotopic (exact) mass is 454 g/mol. The van der Waals surface area contributed by atoms with Gasteiger partial charge >= 0.3 is 0 Å². The van der Waals surface area contributed by atoms with E-state index < -0.39 is 0 Å². The number of rotatable bonds is 5. The number of piperidine rings is 1. The minimum absolute atomic E-state index is 0.00967. The molecule has 5 rings (SSSR count). The number of likely N-dealkylation sites (tertiary alicyclic amines) is 1. The average Bonchev–Trinajstić information content (AvgIpc) is 3.30. The summed E-state index contributed by atoms with van der Waals surface area (Å²) in [4.78, 5) is 20.3. The zero-order chi connectivity index (χ0) is 23.5. The lowest BCUT2D eigenvalue weighted by atomic mass is 10.0. The van der Waals surface area contributed by atoms with Gasteiger partial charge in [0.05, 0.1) is 29.4 Å². The maximum absolute atomic E-state index is 13.6. The van der Waals surface area contributed by atoms with Gasteiger partial charge in [0, 0.05) is 18.7 Å². The van der Waals surface area contributed by atoms with Crippen molar-refractivity contribution in [1.82, 2.24) is 20.1 Å². The number of methoxy groups -OCH3 is 1. The number of pyridine rings is 1. The van der Waals surface area contributed by atoms with E-state index in [0.717, 1.165) is 54.9 Å². The predicted molar refractivity (Wildman–Crippen MR) is 133 cm³/mol. The molecule has 2 N–H and O–H groups in total. The van der Waals surface area contributed by atoms with Crippen LogP contribution in [-0.4, -0.2) is 51.3 Å². The summed E-state index contributed by atoms with van der Waals surface area (Å²) in [5, 5.41) is 17.9.